The molecule has 20 heavy (non-hydrogen) atoms. The normalized spacial score (nSPS) is 21.1. The van der Waals surface area contributed by atoms with Gasteiger partial charge in [-0.25, -0.2) is 9.78 Å². The van der Waals surface area contributed by atoms with Crippen LogP contribution >= 0.6 is 0 Å². The zero-order chi connectivity index (χ0) is 14.0. The maximum absolute atomic E-state index is 11.3. The molecular weight excluding hydrogens is 260 g/mol. The van der Waals surface area contributed by atoms with Gasteiger partial charge < -0.3 is 19.1 Å². The number of aromatic nitrogens is 1. The second kappa shape index (κ2) is 5.38. The summed E-state index contributed by atoms with van der Waals surface area (Å²) in [6.07, 6.45) is 3.41. The van der Waals surface area contributed by atoms with Crippen molar-refractivity contribution in [2.75, 3.05) is 38.3 Å². The van der Waals surface area contributed by atoms with Crippen molar-refractivity contribution >= 4 is 11.7 Å². The first kappa shape index (κ1) is 13.3. The Morgan fingerprint density at radius 3 is 2.55 bits per heavy atom. The summed E-state index contributed by atoms with van der Waals surface area (Å²) < 4.78 is 16.0. The number of carbonyl (C=O) groups is 1. The molecule has 2 aliphatic heterocycles. The monoisotopic (exact) mass is 278 g/mol. The second-order valence-electron chi connectivity index (χ2n) is 4.99. The Labute approximate surface area is 117 Å². The molecule has 1 spiro atoms. The van der Waals surface area contributed by atoms with E-state index >= 15 is 0 Å². The zero-order valence-corrected chi connectivity index (χ0v) is 11.5. The molecule has 0 amide bonds. The number of hydrogen-bond acceptors (Lipinski definition) is 6. The summed E-state index contributed by atoms with van der Waals surface area (Å²) in [7, 11) is 1.35. The Kier molecular flexibility index (Phi) is 3.58. The molecule has 108 valence electrons. The summed E-state index contributed by atoms with van der Waals surface area (Å²) >= 11 is 0. The maximum Gasteiger partial charge on any atom is 0.356 e. The molecule has 0 bridgehead atoms. The van der Waals surface area contributed by atoms with Gasteiger partial charge in [0.1, 0.15) is 5.69 Å². The number of anilines is 1. The third-order valence-corrected chi connectivity index (χ3v) is 3.85. The highest BCUT2D eigenvalue weighted by atomic mass is 16.7. The third-order valence-electron chi connectivity index (χ3n) is 3.85. The Hall–Kier alpha value is -1.66. The number of hydrogen-bond donors (Lipinski definition) is 0. The molecular formula is C14H18N2O4. The van der Waals surface area contributed by atoms with Crippen molar-refractivity contribution in [2.24, 2.45) is 0 Å². The van der Waals surface area contributed by atoms with Crippen molar-refractivity contribution in [1.82, 2.24) is 4.98 Å². The predicted octanol–water partition coefficient (Wildman–Crippen LogP) is 1.21. The minimum Gasteiger partial charge on any atom is -0.464 e. The van der Waals surface area contributed by atoms with Crippen molar-refractivity contribution in [3.05, 3.63) is 24.0 Å². The number of methoxy groups -OCH3 is 1. The van der Waals surface area contributed by atoms with E-state index in [0.717, 1.165) is 31.6 Å². The van der Waals surface area contributed by atoms with Gasteiger partial charge in [0.25, 0.3) is 0 Å². The molecule has 0 radical (unpaired) electrons. The Balaban J connectivity index is 1.64. The first-order valence-corrected chi connectivity index (χ1v) is 6.80. The molecule has 0 aliphatic carbocycles. The van der Waals surface area contributed by atoms with E-state index in [2.05, 4.69) is 14.6 Å². The molecule has 6 heteroatoms. The van der Waals surface area contributed by atoms with Crippen LogP contribution in [0.3, 0.4) is 0 Å². The molecule has 0 N–H and O–H groups in total. The summed E-state index contributed by atoms with van der Waals surface area (Å²) in [4.78, 5) is 17.7. The maximum atomic E-state index is 11.3. The fourth-order valence-electron chi connectivity index (χ4n) is 2.69. The zero-order valence-electron chi connectivity index (χ0n) is 11.5. The van der Waals surface area contributed by atoms with Crippen LogP contribution in [0.2, 0.25) is 0 Å². The summed E-state index contributed by atoms with van der Waals surface area (Å²) in [6, 6.07) is 3.59. The quantitative estimate of drug-likeness (QED) is 0.758. The molecule has 2 fully saturated rings. The SMILES string of the molecule is COC(=O)c1ccc(N2CCC3(CC2)OCCO3)cn1. The van der Waals surface area contributed by atoms with Crippen LogP contribution in [0.15, 0.2) is 18.3 Å². The topological polar surface area (TPSA) is 60.9 Å². The lowest BCUT2D eigenvalue weighted by Crippen LogP contribution is -2.45. The standard InChI is InChI=1S/C14H18N2O4/c1-18-13(17)12-3-2-11(10-15-12)16-6-4-14(5-7-16)19-8-9-20-14/h2-3,10H,4-9H2,1H3. The highest BCUT2D eigenvalue weighted by Gasteiger charge is 2.39. The Bertz CT molecular complexity index is 472. The smallest absolute Gasteiger partial charge is 0.356 e. The van der Waals surface area contributed by atoms with E-state index in [-0.39, 0.29) is 5.79 Å². The van der Waals surface area contributed by atoms with Crippen LogP contribution in [-0.2, 0) is 14.2 Å². The number of piperidine rings is 1. The van der Waals surface area contributed by atoms with Gasteiger partial charge in [-0.05, 0) is 12.1 Å². The van der Waals surface area contributed by atoms with Crippen molar-refractivity contribution in [1.29, 1.82) is 0 Å². The van der Waals surface area contributed by atoms with Crippen LogP contribution in [0, 0.1) is 0 Å². The summed E-state index contributed by atoms with van der Waals surface area (Å²) in [6.45, 7) is 3.10. The van der Waals surface area contributed by atoms with Gasteiger partial charge >= 0.3 is 5.97 Å². The van der Waals surface area contributed by atoms with Gasteiger partial charge in [-0.15, -0.1) is 0 Å². The molecule has 0 saturated carbocycles. The van der Waals surface area contributed by atoms with E-state index in [1.807, 2.05) is 6.07 Å². The largest absolute Gasteiger partial charge is 0.464 e. The number of nitrogens with zero attached hydrogens (tertiary/aromatic N) is 2. The van der Waals surface area contributed by atoms with Gasteiger partial charge in [-0.3, -0.25) is 0 Å². The van der Waals surface area contributed by atoms with Gasteiger partial charge in [0.15, 0.2) is 5.79 Å². The van der Waals surface area contributed by atoms with Gasteiger partial charge in [0, 0.05) is 25.9 Å². The van der Waals surface area contributed by atoms with Crippen molar-refractivity contribution in [3.63, 3.8) is 0 Å². The number of esters is 1. The molecule has 0 aromatic carbocycles. The van der Waals surface area contributed by atoms with Crippen LogP contribution in [0.1, 0.15) is 23.3 Å². The number of ether oxygens (including phenoxy) is 3. The molecule has 3 heterocycles. The van der Waals surface area contributed by atoms with E-state index in [0.29, 0.717) is 18.9 Å². The van der Waals surface area contributed by atoms with Gasteiger partial charge in [0.2, 0.25) is 0 Å². The lowest BCUT2D eigenvalue weighted by Gasteiger charge is -2.38. The fraction of sp³-hybridized carbons (Fsp3) is 0.571. The lowest BCUT2D eigenvalue weighted by atomic mass is 10.0. The molecule has 0 unspecified atom stereocenters. The summed E-state index contributed by atoms with van der Waals surface area (Å²) in [5.41, 5.74) is 1.33. The fourth-order valence-corrected chi connectivity index (χ4v) is 2.69. The number of pyridine rings is 1. The average Bonchev–Trinajstić information content (AvgIpc) is 2.96. The van der Waals surface area contributed by atoms with Crippen LogP contribution in [0.25, 0.3) is 0 Å². The van der Waals surface area contributed by atoms with Crippen molar-refractivity contribution in [2.45, 2.75) is 18.6 Å². The molecule has 2 saturated heterocycles. The first-order valence-electron chi connectivity index (χ1n) is 6.80. The molecule has 3 rings (SSSR count). The highest BCUT2D eigenvalue weighted by Crippen LogP contribution is 2.32. The number of carbonyl (C=O) groups excluding carboxylic acids is 1. The van der Waals surface area contributed by atoms with E-state index in [1.54, 1.807) is 12.3 Å². The minimum atomic E-state index is -0.415. The molecule has 1 aromatic heterocycles. The van der Waals surface area contributed by atoms with E-state index in [1.165, 1.54) is 7.11 Å². The molecule has 6 nitrogen and oxygen atoms in total. The average molecular weight is 278 g/mol. The van der Waals surface area contributed by atoms with Gasteiger partial charge in [0.05, 0.1) is 32.2 Å². The van der Waals surface area contributed by atoms with Crippen LogP contribution in [0.5, 0.6) is 0 Å². The van der Waals surface area contributed by atoms with Gasteiger partial charge in [-0.2, -0.15) is 0 Å². The van der Waals surface area contributed by atoms with E-state index < -0.39 is 5.97 Å². The molecule has 0 atom stereocenters. The minimum absolute atomic E-state index is 0.326. The van der Waals surface area contributed by atoms with E-state index in [9.17, 15) is 4.79 Å². The lowest BCUT2D eigenvalue weighted by molar-refractivity contribution is -0.169. The molecule has 2 aliphatic rings. The van der Waals surface area contributed by atoms with Crippen molar-refractivity contribution < 1.29 is 19.0 Å². The van der Waals surface area contributed by atoms with Crippen LogP contribution in [0.4, 0.5) is 5.69 Å². The Morgan fingerprint density at radius 1 is 1.30 bits per heavy atom. The summed E-state index contributed by atoms with van der Waals surface area (Å²) in [5.74, 6) is -0.780. The summed E-state index contributed by atoms with van der Waals surface area (Å²) in [5, 5.41) is 0. The Morgan fingerprint density at radius 2 is 2.00 bits per heavy atom. The van der Waals surface area contributed by atoms with E-state index in [4.69, 9.17) is 9.47 Å². The highest BCUT2D eigenvalue weighted by molar-refractivity contribution is 5.87. The molecule has 1 aromatic rings. The number of rotatable bonds is 2. The third kappa shape index (κ3) is 2.48. The first-order chi connectivity index (χ1) is 9.72. The van der Waals surface area contributed by atoms with Gasteiger partial charge in [-0.1, -0.05) is 0 Å². The van der Waals surface area contributed by atoms with Crippen molar-refractivity contribution in [3.8, 4) is 0 Å². The van der Waals surface area contributed by atoms with Crippen LogP contribution < -0.4 is 4.90 Å². The predicted molar refractivity (Wildman–Crippen MR) is 71.7 cm³/mol. The van der Waals surface area contributed by atoms with Crippen LogP contribution in [-0.4, -0.2) is 50.2 Å². The second-order valence-corrected chi connectivity index (χ2v) is 4.99.